The predicted octanol–water partition coefficient (Wildman–Crippen LogP) is 3.35. The molecule has 2 aromatic rings. The van der Waals surface area contributed by atoms with Gasteiger partial charge in [-0.2, -0.15) is 0 Å². The van der Waals surface area contributed by atoms with Crippen LogP contribution < -0.4 is 10.5 Å². The average molecular weight is 400 g/mol. The minimum absolute atomic E-state index is 0. The third kappa shape index (κ3) is 4.59. The van der Waals surface area contributed by atoms with Crippen LogP contribution in [0.3, 0.4) is 0 Å². The van der Waals surface area contributed by atoms with Crippen LogP contribution in [0, 0.1) is 0 Å². The lowest BCUT2D eigenvalue weighted by atomic mass is 10.1. The summed E-state index contributed by atoms with van der Waals surface area (Å²) in [5, 5.41) is 2.23. The summed E-state index contributed by atoms with van der Waals surface area (Å²) in [6.07, 6.45) is 1.74. The van der Waals surface area contributed by atoms with Gasteiger partial charge >= 0.3 is 0 Å². The highest BCUT2D eigenvalue weighted by Gasteiger charge is 2.20. The Bertz CT molecular complexity index is 687. The number of fused-ring (bicyclic) bond motifs is 1. The third-order valence-electron chi connectivity index (χ3n) is 4.03. The van der Waals surface area contributed by atoms with E-state index >= 15 is 0 Å². The quantitative estimate of drug-likeness (QED) is 0.861. The molecule has 0 spiro atoms. The van der Waals surface area contributed by atoms with E-state index in [1.807, 2.05) is 35.2 Å². The zero-order valence-corrected chi connectivity index (χ0v) is 15.1. The van der Waals surface area contributed by atoms with E-state index < -0.39 is 0 Å². The molecule has 1 heterocycles. The molecule has 0 radical (unpaired) electrons. The number of nitrogens with zero attached hydrogens (tertiary/aromatic N) is 1. The Hall–Kier alpha value is -1.30. The van der Waals surface area contributed by atoms with Crippen LogP contribution >= 0.6 is 28.3 Å². The predicted molar refractivity (Wildman–Crippen MR) is 98.2 cm³/mol. The summed E-state index contributed by atoms with van der Waals surface area (Å²) in [4.78, 5) is 14.0. The van der Waals surface area contributed by atoms with Gasteiger partial charge in [-0.15, -0.1) is 12.4 Å². The molecule has 1 aliphatic rings. The van der Waals surface area contributed by atoms with Gasteiger partial charge in [0.25, 0.3) is 5.91 Å². The van der Waals surface area contributed by atoms with Crippen LogP contribution in [-0.4, -0.2) is 36.5 Å². The van der Waals surface area contributed by atoms with Crippen LogP contribution in [0.15, 0.2) is 40.9 Å². The molecule has 4 nitrogen and oxygen atoms in total. The van der Waals surface area contributed by atoms with Crippen LogP contribution in [0.4, 0.5) is 0 Å². The van der Waals surface area contributed by atoms with E-state index in [0.29, 0.717) is 0 Å². The molecule has 1 saturated heterocycles. The van der Waals surface area contributed by atoms with Crippen molar-refractivity contribution in [2.75, 3.05) is 19.7 Å². The Labute approximate surface area is 150 Å². The van der Waals surface area contributed by atoms with Crippen molar-refractivity contribution < 1.29 is 9.53 Å². The average Bonchev–Trinajstić information content (AvgIpc) is 2.53. The molecule has 6 heteroatoms. The summed E-state index contributed by atoms with van der Waals surface area (Å²) in [6.45, 7) is 1.54. The number of benzene rings is 2. The minimum Gasteiger partial charge on any atom is -0.484 e. The highest BCUT2D eigenvalue weighted by Crippen LogP contribution is 2.24. The van der Waals surface area contributed by atoms with Gasteiger partial charge in [0.2, 0.25) is 0 Å². The zero-order valence-electron chi connectivity index (χ0n) is 12.7. The first-order chi connectivity index (χ1) is 10.6. The van der Waals surface area contributed by atoms with Crippen LogP contribution in [0.25, 0.3) is 10.8 Å². The van der Waals surface area contributed by atoms with E-state index in [1.54, 1.807) is 0 Å². The van der Waals surface area contributed by atoms with Gasteiger partial charge in [-0.05, 0) is 47.9 Å². The van der Waals surface area contributed by atoms with Gasteiger partial charge < -0.3 is 15.4 Å². The van der Waals surface area contributed by atoms with Crippen molar-refractivity contribution in [3.8, 4) is 5.75 Å². The van der Waals surface area contributed by atoms with E-state index in [2.05, 4.69) is 22.0 Å². The molecule has 23 heavy (non-hydrogen) atoms. The molecule has 1 fully saturated rings. The van der Waals surface area contributed by atoms with Crippen molar-refractivity contribution in [1.29, 1.82) is 0 Å². The summed E-state index contributed by atoms with van der Waals surface area (Å²) in [6, 6.07) is 12.2. The number of piperidine rings is 1. The molecule has 0 aromatic heterocycles. The second-order valence-electron chi connectivity index (χ2n) is 5.66. The van der Waals surface area contributed by atoms with E-state index in [1.165, 1.54) is 0 Å². The molecular formula is C17H20BrClN2O2. The Balaban J connectivity index is 0.00000192. The van der Waals surface area contributed by atoms with Crippen molar-refractivity contribution in [3.05, 3.63) is 40.9 Å². The maximum absolute atomic E-state index is 12.1. The molecule has 1 aliphatic heterocycles. The largest absolute Gasteiger partial charge is 0.484 e. The molecular weight excluding hydrogens is 380 g/mol. The van der Waals surface area contributed by atoms with Gasteiger partial charge in [0.1, 0.15) is 5.75 Å². The Morgan fingerprint density at radius 2 is 1.83 bits per heavy atom. The van der Waals surface area contributed by atoms with Gasteiger partial charge in [-0.25, -0.2) is 0 Å². The highest BCUT2D eigenvalue weighted by atomic mass is 79.9. The fourth-order valence-electron chi connectivity index (χ4n) is 2.67. The highest BCUT2D eigenvalue weighted by molar-refractivity contribution is 9.10. The Morgan fingerprint density at radius 1 is 1.17 bits per heavy atom. The topological polar surface area (TPSA) is 55.6 Å². The third-order valence-corrected chi connectivity index (χ3v) is 4.52. The summed E-state index contributed by atoms with van der Waals surface area (Å²) < 4.78 is 6.70. The minimum atomic E-state index is 0. The van der Waals surface area contributed by atoms with E-state index in [9.17, 15) is 4.79 Å². The SMILES string of the molecule is Cl.NC1CCN(C(=O)COc2ccc3cc(Br)ccc3c2)CC1. The van der Waals surface area contributed by atoms with Crippen LogP contribution in [0.1, 0.15) is 12.8 Å². The monoisotopic (exact) mass is 398 g/mol. The number of hydrogen-bond donors (Lipinski definition) is 1. The van der Waals surface area contributed by atoms with Gasteiger partial charge in [0.15, 0.2) is 6.61 Å². The van der Waals surface area contributed by atoms with Crippen LogP contribution in [-0.2, 0) is 4.79 Å². The van der Waals surface area contributed by atoms with Crippen LogP contribution in [0.2, 0.25) is 0 Å². The molecule has 0 atom stereocenters. The van der Waals surface area contributed by atoms with E-state index in [0.717, 1.165) is 46.9 Å². The summed E-state index contributed by atoms with van der Waals surface area (Å²) in [5.74, 6) is 0.750. The summed E-state index contributed by atoms with van der Waals surface area (Å²) >= 11 is 3.46. The second-order valence-corrected chi connectivity index (χ2v) is 6.58. The fourth-order valence-corrected chi connectivity index (χ4v) is 3.05. The van der Waals surface area contributed by atoms with Crippen LogP contribution in [0.5, 0.6) is 5.75 Å². The molecule has 2 N–H and O–H groups in total. The summed E-state index contributed by atoms with van der Waals surface area (Å²) in [5.41, 5.74) is 5.85. The lowest BCUT2D eigenvalue weighted by Gasteiger charge is -2.30. The molecule has 0 aliphatic carbocycles. The maximum Gasteiger partial charge on any atom is 0.260 e. The lowest BCUT2D eigenvalue weighted by Crippen LogP contribution is -2.44. The number of ether oxygens (including phenoxy) is 1. The van der Waals surface area contributed by atoms with Gasteiger partial charge in [-0.3, -0.25) is 4.79 Å². The number of halogens is 2. The lowest BCUT2D eigenvalue weighted by molar-refractivity contribution is -0.134. The number of amides is 1. The Morgan fingerprint density at radius 3 is 2.57 bits per heavy atom. The number of carbonyl (C=O) groups excluding carboxylic acids is 1. The van der Waals surface area contributed by atoms with E-state index in [-0.39, 0.29) is 31.0 Å². The van der Waals surface area contributed by atoms with Crippen molar-refractivity contribution in [2.45, 2.75) is 18.9 Å². The molecule has 3 rings (SSSR count). The first-order valence-electron chi connectivity index (χ1n) is 7.47. The number of nitrogens with two attached hydrogens (primary N) is 1. The van der Waals surface area contributed by atoms with Crippen molar-refractivity contribution in [1.82, 2.24) is 4.90 Å². The zero-order chi connectivity index (χ0) is 15.5. The molecule has 2 aromatic carbocycles. The van der Waals surface area contributed by atoms with E-state index in [4.69, 9.17) is 10.5 Å². The smallest absolute Gasteiger partial charge is 0.260 e. The van der Waals surface area contributed by atoms with Gasteiger partial charge in [0, 0.05) is 23.6 Å². The maximum atomic E-state index is 12.1. The molecule has 0 saturated carbocycles. The van der Waals surface area contributed by atoms with Gasteiger partial charge in [0.05, 0.1) is 0 Å². The fraction of sp³-hybridized carbons (Fsp3) is 0.353. The number of hydrogen-bond acceptors (Lipinski definition) is 3. The number of likely N-dealkylation sites (tertiary alicyclic amines) is 1. The molecule has 124 valence electrons. The second kappa shape index (κ2) is 7.99. The summed E-state index contributed by atoms with van der Waals surface area (Å²) in [7, 11) is 0. The number of rotatable bonds is 3. The van der Waals surface area contributed by atoms with Crippen molar-refractivity contribution in [3.63, 3.8) is 0 Å². The van der Waals surface area contributed by atoms with Crippen molar-refractivity contribution in [2.24, 2.45) is 5.73 Å². The first kappa shape index (κ1) is 18.0. The standard InChI is InChI=1S/C17H19BrN2O2.ClH/c18-14-3-1-13-10-16(4-2-12(13)9-14)22-11-17(21)20-7-5-15(19)6-8-20;/h1-4,9-10,15H,5-8,11,19H2;1H. The molecule has 0 bridgehead atoms. The Kier molecular flexibility index (Phi) is 6.27. The molecule has 1 amide bonds. The van der Waals surface area contributed by atoms with Gasteiger partial charge in [-0.1, -0.05) is 28.1 Å². The number of carbonyl (C=O) groups is 1. The molecule has 0 unspecified atom stereocenters. The normalized spacial score (nSPS) is 15.3. The van der Waals surface area contributed by atoms with Crippen molar-refractivity contribution >= 4 is 45.0 Å². The first-order valence-corrected chi connectivity index (χ1v) is 8.26.